The minimum Gasteiger partial charge on any atom is -0.494 e. The standard InChI is InChI=1S/C31H46N8O3/c1-9-27(40)33-23-17-24(26(42-8)18-25(23)37(7)16-15-36(5)6)34-29-32-19-21-20-38(31(2,3)4)30(41)39(28(21)35-29)22-13-11-10-12-14-22/h9,17-19,22H,1,10-16,20H2,2-8H3,(H,33,40)(H,32,34,35). The molecule has 0 unspecified atom stereocenters. The van der Waals surface area contributed by atoms with E-state index in [2.05, 4.69) is 52.8 Å². The number of urea groups is 1. The lowest BCUT2D eigenvalue weighted by Crippen LogP contribution is -2.58. The lowest BCUT2D eigenvalue weighted by atomic mass is 9.93. The second-order valence-electron chi connectivity index (χ2n) is 12.4. The highest BCUT2D eigenvalue weighted by atomic mass is 16.5. The molecule has 0 bridgehead atoms. The van der Waals surface area contributed by atoms with Crippen molar-refractivity contribution in [2.24, 2.45) is 0 Å². The number of rotatable bonds is 10. The monoisotopic (exact) mass is 578 g/mol. The maximum absolute atomic E-state index is 13.9. The van der Waals surface area contributed by atoms with Gasteiger partial charge in [-0.1, -0.05) is 25.8 Å². The number of amides is 3. The molecule has 1 aromatic heterocycles. The first-order valence-corrected chi connectivity index (χ1v) is 14.7. The fourth-order valence-electron chi connectivity index (χ4n) is 5.46. The molecule has 1 aliphatic heterocycles. The van der Waals surface area contributed by atoms with Crippen molar-refractivity contribution in [3.05, 3.63) is 36.5 Å². The van der Waals surface area contributed by atoms with Crippen LogP contribution in [0.25, 0.3) is 0 Å². The molecule has 1 aromatic carbocycles. The van der Waals surface area contributed by atoms with Gasteiger partial charge in [0.25, 0.3) is 0 Å². The number of hydrogen-bond acceptors (Lipinski definition) is 8. The minimum atomic E-state index is -0.334. The van der Waals surface area contributed by atoms with Gasteiger partial charge in [0.2, 0.25) is 11.9 Å². The average molecular weight is 579 g/mol. The molecular weight excluding hydrogens is 532 g/mol. The van der Waals surface area contributed by atoms with Crippen LogP contribution in [0.5, 0.6) is 5.75 Å². The summed E-state index contributed by atoms with van der Waals surface area (Å²) in [6, 6.07) is 3.79. The molecule has 11 nitrogen and oxygen atoms in total. The van der Waals surface area contributed by atoms with E-state index in [9.17, 15) is 9.59 Å². The van der Waals surface area contributed by atoms with Crippen LogP contribution in [-0.4, -0.2) is 84.6 Å². The van der Waals surface area contributed by atoms with Crippen molar-refractivity contribution < 1.29 is 14.3 Å². The number of anilines is 5. The molecule has 42 heavy (non-hydrogen) atoms. The molecule has 2 heterocycles. The highest BCUT2D eigenvalue weighted by Crippen LogP contribution is 2.40. The Morgan fingerprint density at radius 1 is 1.14 bits per heavy atom. The van der Waals surface area contributed by atoms with Crippen molar-refractivity contribution in [2.75, 3.05) is 61.8 Å². The van der Waals surface area contributed by atoms with Gasteiger partial charge in [0.15, 0.2) is 0 Å². The summed E-state index contributed by atoms with van der Waals surface area (Å²) in [6.45, 7) is 11.8. The summed E-state index contributed by atoms with van der Waals surface area (Å²) in [7, 11) is 7.61. The van der Waals surface area contributed by atoms with Crippen molar-refractivity contribution in [2.45, 2.75) is 71.0 Å². The average Bonchev–Trinajstić information content (AvgIpc) is 2.95. The highest BCUT2D eigenvalue weighted by Gasteiger charge is 2.41. The van der Waals surface area contributed by atoms with Crippen molar-refractivity contribution in [1.29, 1.82) is 0 Å². The van der Waals surface area contributed by atoms with Crippen molar-refractivity contribution in [3.63, 3.8) is 0 Å². The Morgan fingerprint density at radius 3 is 2.48 bits per heavy atom. The van der Waals surface area contributed by atoms with Crippen molar-refractivity contribution >= 4 is 40.8 Å². The van der Waals surface area contributed by atoms with Crippen LogP contribution in [-0.2, 0) is 11.3 Å². The molecule has 0 saturated heterocycles. The van der Waals surface area contributed by atoms with E-state index in [4.69, 9.17) is 9.72 Å². The lowest BCUT2D eigenvalue weighted by Gasteiger charge is -2.46. The third-order valence-corrected chi connectivity index (χ3v) is 7.89. The molecule has 1 aliphatic carbocycles. The van der Waals surface area contributed by atoms with E-state index >= 15 is 0 Å². The summed E-state index contributed by atoms with van der Waals surface area (Å²) in [5.74, 6) is 1.26. The zero-order valence-corrected chi connectivity index (χ0v) is 26.2. The topological polar surface area (TPSA) is 106 Å². The van der Waals surface area contributed by atoms with Gasteiger partial charge in [-0.25, -0.2) is 9.78 Å². The number of aromatic nitrogens is 2. The van der Waals surface area contributed by atoms with Crippen LogP contribution in [0.2, 0.25) is 0 Å². The van der Waals surface area contributed by atoms with Gasteiger partial charge in [-0.3, -0.25) is 9.69 Å². The van der Waals surface area contributed by atoms with Gasteiger partial charge in [-0.05, 0) is 59.9 Å². The van der Waals surface area contributed by atoms with Crippen LogP contribution in [0.4, 0.5) is 33.6 Å². The van der Waals surface area contributed by atoms with Gasteiger partial charge >= 0.3 is 6.03 Å². The van der Waals surface area contributed by atoms with Crippen LogP contribution >= 0.6 is 0 Å². The number of benzene rings is 1. The zero-order chi connectivity index (χ0) is 30.6. The van der Waals surface area contributed by atoms with Gasteiger partial charge in [0.1, 0.15) is 11.6 Å². The number of hydrogen-bond donors (Lipinski definition) is 2. The molecule has 0 spiro atoms. The molecule has 2 N–H and O–H groups in total. The van der Waals surface area contributed by atoms with E-state index in [1.165, 1.54) is 12.5 Å². The highest BCUT2D eigenvalue weighted by molar-refractivity contribution is 6.02. The lowest BCUT2D eigenvalue weighted by molar-refractivity contribution is -0.111. The number of carbonyl (C=O) groups is 2. The minimum absolute atomic E-state index is 0.0105. The first-order valence-electron chi connectivity index (χ1n) is 14.7. The van der Waals surface area contributed by atoms with E-state index in [1.54, 1.807) is 7.11 Å². The van der Waals surface area contributed by atoms with Gasteiger partial charge in [-0.2, -0.15) is 4.98 Å². The van der Waals surface area contributed by atoms with Gasteiger partial charge < -0.3 is 30.1 Å². The largest absolute Gasteiger partial charge is 0.494 e. The Balaban J connectivity index is 1.72. The summed E-state index contributed by atoms with van der Waals surface area (Å²) in [4.78, 5) is 43.7. The van der Waals surface area contributed by atoms with E-state index in [0.29, 0.717) is 35.4 Å². The Kier molecular flexibility index (Phi) is 9.60. The maximum atomic E-state index is 13.9. The summed E-state index contributed by atoms with van der Waals surface area (Å²) in [5.41, 5.74) is 2.58. The molecule has 228 valence electrons. The number of nitrogens with zero attached hydrogens (tertiary/aromatic N) is 6. The fraction of sp³-hybridized carbons (Fsp3) is 0.548. The first kappa shape index (κ1) is 31.1. The predicted octanol–water partition coefficient (Wildman–Crippen LogP) is 5.22. The molecule has 2 aliphatic rings. The van der Waals surface area contributed by atoms with Crippen LogP contribution < -0.4 is 25.2 Å². The molecule has 3 amide bonds. The van der Waals surface area contributed by atoms with E-state index < -0.39 is 0 Å². The second-order valence-corrected chi connectivity index (χ2v) is 12.4. The SMILES string of the molecule is C=CC(=O)Nc1cc(Nc2ncc3c(n2)N(C2CCCCC2)C(=O)N(C(C)(C)C)C3)c(OC)cc1N(C)CCN(C)C. The predicted molar refractivity (Wildman–Crippen MR) is 169 cm³/mol. The number of likely N-dealkylation sites (N-methyl/N-ethyl adjacent to an activating group) is 2. The quantitative estimate of drug-likeness (QED) is 0.370. The van der Waals surface area contributed by atoms with Crippen LogP contribution in [0, 0.1) is 0 Å². The van der Waals surface area contributed by atoms with Crippen molar-refractivity contribution in [1.82, 2.24) is 19.8 Å². The molecule has 0 atom stereocenters. The molecule has 1 fully saturated rings. The van der Waals surface area contributed by atoms with Gasteiger partial charge in [0.05, 0.1) is 30.7 Å². The molecule has 2 aromatic rings. The Hall–Kier alpha value is -3.86. The second kappa shape index (κ2) is 13.0. The summed E-state index contributed by atoms with van der Waals surface area (Å²) in [5, 5.41) is 6.22. The summed E-state index contributed by atoms with van der Waals surface area (Å²) in [6.07, 6.45) is 8.35. The van der Waals surface area contributed by atoms with Crippen LogP contribution in [0.15, 0.2) is 31.0 Å². The third-order valence-electron chi connectivity index (χ3n) is 7.89. The normalized spacial score (nSPS) is 15.9. The van der Waals surface area contributed by atoms with Crippen LogP contribution in [0.3, 0.4) is 0 Å². The number of methoxy groups -OCH3 is 1. The van der Waals surface area contributed by atoms with Crippen molar-refractivity contribution in [3.8, 4) is 5.75 Å². The van der Waals surface area contributed by atoms with Gasteiger partial charge in [0, 0.05) is 49.5 Å². The molecule has 4 rings (SSSR count). The Labute approximate surface area is 249 Å². The Morgan fingerprint density at radius 2 is 1.86 bits per heavy atom. The van der Waals surface area contributed by atoms with Gasteiger partial charge in [-0.15, -0.1) is 0 Å². The van der Waals surface area contributed by atoms with E-state index in [1.807, 2.05) is 49.3 Å². The molecule has 0 radical (unpaired) electrons. The third kappa shape index (κ3) is 6.95. The number of ether oxygens (including phenoxy) is 1. The number of fused-ring (bicyclic) bond motifs is 1. The maximum Gasteiger partial charge on any atom is 0.326 e. The molecule has 1 saturated carbocycles. The first-order chi connectivity index (χ1) is 19.9. The fourth-order valence-corrected chi connectivity index (χ4v) is 5.46. The van der Waals surface area contributed by atoms with E-state index in [-0.39, 0.29) is 23.5 Å². The molecule has 11 heteroatoms. The smallest absolute Gasteiger partial charge is 0.326 e. The summed E-state index contributed by atoms with van der Waals surface area (Å²) < 4.78 is 5.76. The molecular formula is C31H46N8O3. The van der Waals surface area contributed by atoms with Crippen LogP contribution in [0.1, 0.15) is 58.4 Å². The summed E-state index contributed by atoms with van der Waals surface area (Å²) >= 11 is 0. The number of nitrogens with one attached hydrogen (secondary N) is 2. The van der Waals surface area contributed by atoms with E-state index in [0.717, 1.165) is 50.0 Å². The Bertz CT molecular complexity index is 1300. The zero-order valence-electron chi connectivity index (χ0n) is 26.2. The number of carbonyl (C=O) groups excluding carboxylic acids is 2.